The van der Waals surface area contributed by atoms with Crippen LogP contribution in [0.5, 0.6) is 0 Å². The summed E-state index contributed by atoms with van der Waals surface area (Å²) in [6.07, 6.45) is 0.274. The molecule has 0 fully saturated rings. The lowest BCUT2D eigenvalue weighted by Gasteiger charge is -2.10. The summed E-state index contributed by atoms with van der Waals surface area (Å²) in [5.41, 5.74) is 2.51. The molecule has 1 aromatic rings. The van der Waals surface area contributed by atoms with E-state index in [0.29, 0.717) is 25.9 Å². The molecule has 0 aliphatic rings. The summed E-state index contributed by atoms with van der Waals surface area (Å²) in [5, 5.41) is 3.40. The van der Waals surface area contributed by atoms with Crippen molar-refractivity contribution in [2.45, 2.75) is 53.0 Å². The van der Waals surface area contributed by atoms with Gasteiger partial charge in [0.1, 0.15) is 0 Å². The van der Waals surface area contributed by atoms with Crippen molar-refractivity contribution in [3.63, 3.8) is 0 Å². The summed E-state index contributed by atoms with van der Waals surface area (Å²) < 4.78 is 11.0. The smallest absolute Gasteiger partial charge is 0.0718 e. The van der Waals surface area contributed by atoms with Gasteiger partial charge in [-0.05, 0) is 25.0 Å². The zero-order valence-electron chi connectivity index (χ0n) is 12.6. The maximum Gasteiger partial charge on any atom is 0.0718 e. The van der Waals surface area contributed by atoms with Crippen LogP contribution in [-0.2, 0) is 22.6 Å². The topological polar surface area (TPSA) is 30.5 Å². The molecule has 0 aliphatic heterocycles. The predicted octanol–water partition coefficient (Wildman–Crippen LogP) is 3.13. The Hall–Kier alpha value is -0.900. The first kappa shape index (κ1) is 16.2. The van der Waals surface area contributed by atoms with Gasteiger partial charge in [-0.15, -0.1) is 0 Å². The molecule has 3 heteroatoms. The summed E-state index contributed by atoms with van der Waals surface area (Å²) in [7, 11) is 0. The highest BCUT2D eigenvalue weighted by molar-refractivity contribution is 5.21. The van der Waals surface area contributed by atoms with Crippen LogP contribution in [0.15, 0.2) is 24.3 Å². The second-order valence-electron chi connectivity index (χ2n) is 5.32. The maximum absolute atomic E-state index is 5.57. The number of rotatable bonds is 9. The van der Waals surface area contributed by atoms with Crippen LogP contribution >= 0.6 is 0 Å². The maximum atomic E-state index is 5.57. The normalized spacial score (nSPS) is 11.5. The molecule has 0 saturated carbocycles. The summed E-state index contributed by atoms with van der Waals surface area (Å²) >= 11 is 0. The van der Waals surface area contributed by atoms with Gasteiger partial charge in [-0.2, -0.15) is 0 Å². The van der Waals surface area contributed by atoms with E-state index in [-0.39, 0.29) is 6.10 Å². The molecule has 1 N–H and O–H groups in total. The van der Waals surface area contributed by atoms with Crippen LogP contribution in [0.1, 0.15) is 38.8 Å². The molecule has 19 heavy (non-hydrogen) atoms. The Morgan fingerprint density at radius 2 is 1.58 bits per heavy atom. The van der Waals surface area contributed by atoms with Crippen LogP contribution in [0.3, 0.4) is 0 Å². The summed E-state index contributed by atoms with van der Waals surface area (Å²) in [5.74, 6) is 0. The molecular formula is C16H27NO2. The van der Waals surface area contributed by atoms with Crippen molar-refractivity contribution < 1.29 is 9.47 Å². The highest BCUT2D eigenvalue weighted by Gasteiger charge is 1.98. The van der Waals surface area contributed by atoms with Crippen molar-refractivity contribution >= 4 is 0 Å². The van der Waals surface area contributed by atoms with E-state index in [2.05, 4.69) is 43.4 Å². The highest BCUT2D eigenvalue weighted by atomic mass is 16.5. The number of nitrogens with one attached hydrogen (secondary N) is 1. The van der Waals surface area contributed by atoms with Crippen LogP contribution in [0, 0.1) is 0 Å². The second kappa shape index (κ2) is 9.08. The van der Waals surface area contributed by atoms with Crippen molar-refractivity contribution in [1.82, 2.24) is 5.32 Å². The Kier molecular flexibility index (Phi) is 7.72. The van der Waals surface area contributed by atoms with Crippen molar-refractivity contribution in [1.29, 1.82) is 0 Å². The van der Waals surface area contributed by atoms with E-state index in [9.17, 15) is 0 Å². The molecule has 0 saturated heterocycles. The van der Waals surface area contributed by atoms with Gasteiger partial charge in [0.25, 0.3) is 0 Å². The number of benzene rings is 1. The van der Waals surface area contributed by atoms with Gasteiger partial charge in [-0.1, -0.05) is 38.1 Å². The first-order valence-corrected chi connectivity index (χ1v) is 7.08. The molecule has 0 aliphatic carbocycles. The average molecular weight is 265 g/mol. The molecular weight excluding hydrogens is 238 g/mol. The second-order valence-corrected chi connectivity index (χ2v) is 5.32. The fraction of sp³-hybridized carbons (Fsp3) is 0.625. The van der Waals surface area contributed by atoms with E-state index >= 15 is 0 Å². The van der Waals surface area contributed by atoms with Crippen LogP contribution < -0.4 is 5.32 Å². The molecule has 0 spiro atoms. The minimum absolute atomic E-state index is 0.274. The van der Waals surface area contributed by atoms with Gasteiger partial charge >= 0.3 is 0 Å². The lowest BCUT2D eigenvalue weighted by Crippen LogP contribution is -2.21. The minimum Gasteiger partial charge on any atom is -0.376 e. The molecule has 0 bridgehead atoms. The van der Waals surface area contributed by atoms with Gasteiger partial charge in [-0.3, -0.25) is 0 Å². The lowest BCUT2D eigenvalue weighted by atomic mass is 10.1. The van der Waals surface area contributed by atoms with Crippen molar-refractivity contribution in [2.24, 2.45) is 0 Å². The Labute approximate surface area is 117 Å². The minimum atomic E-state index is 0.274. The fourth-order valence-electron chi connectivity index (χ4n) is 1.61. The summed E-state index contributed by atoms with van der Waals surface area (Å²) in [4.78, 5) is 0. The number of hydrogen-bond acceptors (Lipinski definition) is 3. The average Bonchev–Trinajstić information content (AvgIpc) is 2.37. The summed E-state index contributed by atoms with van der Waals surface area (Å²) in [6.45, 7) is 11.2. The molecule has 0 unspecified atom stereocenters. The Morgan fingerprint density at radius 1 is 0.947 bits per heavy atom. The monoisotopic (exact) mass is 265 g/mol. The van der Waals surface area contributed by atoms with E-state index in [1.165, 1.54) is 11.1 Å². The highest BCUT2D eigenvalue weighted by Crippen LogP contribution is 2.06. The van der Waals surface area contributed by atoms with Gasteiger partial charge in [0, 0.05) is 12.6 Å². The Bertz CT molecular complexity index is 333. The van der Waals surface area contributed by atoms with Gasteiger partial charge in [0.05, 0.1) is 25.9 Å². The molecule has 0 atom stereocenters. The first-order chi connectivity index (χ1) is 9.08. The number of ether oxygens (including phenoxy) is 2. The Morgan fingerprint density at radius 3 is 2.16 bits per heavy atom. The van der Waals surface area contributed by atoms with E-state index in [1.807, 2.05) is 13.8 Å². The van der Waals surface area contributed by atoms with Crippen molar-refractivity contribution in [3.8, 4) is 0 Å². The predicted molar refractivity (Wildman–Crippen MR) is 79.2 cm³/mol. The van der Waals surface area contributed by atoms with Crippen LogP contribution in [0.25, 0.3) is 0 Å². The quantitative estimate of drug-likeness (QED) is 0.696. The third-order valence-corrected chi connectivity index (χ3v) is 2.68. The molecule has 1 rings (SSSR count). The van der Waals surface area contributed by atoms with Gasteiger partial charge in [0.15, 0.2) is 0 Å². The van der Waals surface area contributed by atoms with Crippen LogP contribution in [0.4, 0.5) is 0 Å². The zero-order valence-corrected chi connectivity index (χ0v) is 12.6. The third-order valence-electron chi connectivity index (χ3n) is 2.68. The van der Waals surface area contributed by atoms with Crippen molar-refractivity contribution in [3.05, 3.63) is 35.4 Å². The molecule has 3 nitrogen and oxygen atoms in total. The van der Waals surface area contributed by atoms with Gasteiger partial charge < -0.3 is 14.8 Å². The number of hydrogen-bond donors (Lipinski definition) is 1. The molecule has 0 amide bonds. The molecule has 0 heterocycles. The van der Waals surface area contributed by atoms with Crippen molar-refractivity contribution in [2.75, 3.05) is 13.2 Å². The summed E-state index contributed by atoms with van der Waals surface area (Å²) in [6, 6.07) is 9.07. The van der Waals surface area contributed by atoms with Crippen LogP contribution in [-0.4, -0.2) is 25.4 Å². The van der Waals surface area contributed by atoms with E-state index in [0.717, 1.165) is 6.54 Å². The SMILES string of the molecule is CC(C)NCc1ccc(COCCOC(C)C)cc1. The van der Waals surface area contributed by atoms with Crippen LogP contribution in [0.2, 0.25) is 0 Å². The van der Waals surface area contributed by atoms with Gasteiger partial charge in [-0.25, -0.2) is 0 Å². The Balaban J connectivity index is 2.20. The fourth-order valence-corrected chi connectivity index (χ4v) is 1.61. The standard InChI is InChI=1S/C16H27NO2/c1-13(2)17-11-15-5-7-16(8-6-15)12-18-9-10-19-14(3)4/h5-8,13-14,17H,9-12H2,1-4H3. The van der Waals surface area contributed by atoms with E-state index in [1.54, 1.807) is 0 Å². The third kappa shape index (κ3) is 7.98. The first-order valence-electron chi connectivity index (χ1n) is 7.08. The lowest BCUT2D eigenvalue weighted by molar-refractivity contribution is 0.0143. The molecule has 0 radical (unpaired) electrons. The molecule has 0 aromatic heterocycles. The molecule has 108 valence electrons. The van der Waals surface area contributed by atoms with E-state index < -0.39 is 0 Å². The van der Waals surface area contributed by atoms with E-state index in [4.69, 9.17) is 9.47 Å². The largest absolute Gasteiger partial charge is 0.376 e. The molecule has 1 aromatic carbocycles. The zero-order chi connectivity index (χ0) is 14.1. The van der Waals surface area contributed by atoms with Gasteiger partial charge in [0.2, 0.25) is 0 Å².